The van der Waals surface area contributed by atoms with E-state index in [1.807, 2.05) is 0 Å². The van der Waals surface area contributed by atoms with E-state index in [-0.39, 0.29) is 42.3 Å². The van der Waals surface area contributed by atoms with Crippen LogP contribution in [-0.2, 0) is 16.1 Å². The van der Waals surface area contributed by atoms with E-state index in [0.29, 0.717) is 12.4 Å². The SMILES string of the molecule is CC(C)(C)[C@H]1OCC[C@@H]1c1noc(CN2C(=O)CNC2=O)n1. The monoisotopic (exact) mass is 308 g/mol. The van der Waals surface area contributed by atoms with Crippen molar-refractivity contribution in [1.29, 1.82) is 0 Å². The van der Waals surface area contributed by atoms with Crippen molar-refractivity contribution >= 4 is 11.9 Å². The Morgan fingerprint density at radius 1 is 1.36 bits per heavy atom. The molecule has 0 aromatic carbocycles. The van der Waals surface area contributed by atoms with E-state index in [9.17, 15) is 9.59 Å². The number of imide groups is 1. The largest absolute Gasteiger partial charge is 0.377 e. The highest BCUT2D eigenvalue weighted by molar-refractivity contribution is 6.01. The summed E-state index contributed by atoms with van der Waals surface area (Å²) in [6.45, 7) is 7.04. The molecule has 3 heterocycles. The van der Waals surface area contributed by atoms with Crippen LogP contribution < -0.4 is 5.32 Å². The van der Waals surface area contributed by atoms with Crippen molar-refractivity contribution in [3.8, 4) is 0 Å². The van der Waals surface area contributed by atoms with Crippen molar-refractivity contribution in [1.82, 2.24) is 20.4 Å². The summed E-state index contributed by atoms with van der Waals surface area (Å²) >= 11 is 0. The first kappa shape index (κ1) is 15.0. The number of amides is 3. The van der Waals surface area contributed by atoms with Gasteiger partial charge in [0.2, 0.25) is 5.89 Å². The van der Waals surface area contributed by atoms with Gasteiger partial charge in [-0.15, -0.1) is 0 Å². The molecule has 2 saturated heterocycles. The van der Waals surface area contributed by atoms with Crippen molar-refractivity contribution in [3.63, 3.8) is 0 Å². The van der Waals surface area contributed by atoms with Gasteiger partial charge >= 0.3 is 6.03 Å². The molecule has 8 heteroatoms. The zero-order valence-corrected chi connectivity index (χ0v) is 13.0. The highest BCUT2D eigenvalue weighted by atomic mass is 16.5. The highest BCUT2D eigenvalue weighted by Gasteiger charge is 2.41. The van der Waals surface area contributed by atoms with Gasteiger partial charge in [0.05, 0.1) is 18.6 Å². The molecule has 2 aliphatic rings. The molecule has 0 aliphatic carbocycles. The number of carbonyl (C=O) groups excluding carboxylic acids is 2. The number of rotatable bonds is 3. The third-order valence-electron chi connectivity index (χ3n) is 3.99. The second-order valence-corrected chi connectivity index (χ2v) is 6.74. The molecule has 1 aromatic heterocycles. The predicted octanol–water partition coefficient (Wildman–Crippen LogP) is 1.04. The summed E-state index contributed by atoms with van der Waals surface area (Å²) in [5.41, 5.74) is -0.0211. The molecule has 2 aliphatic heterocycles. The van der Waals surface area contributed by atoms with E-state index in [0.717, 1.165) is 11.3 Å². The van der Waals surface area contributed by atoms with Crippen molar-refractivity contribution in [2.45, 2.75) is 45.8 Å². The summed E-state index contributed by atoms with van der Waals surface area (Å²) in [4.78, 5) is 28.5. The lowest BCUT2D eigenvalue weighted by Crippen LogP contribution is -2.31. The van der Waals surface area contributed by atoms with Crippen LogP contribution in [0.15, 0.2) is 4.52 Å². The van der Waals surface area contributed by atoms with Crippen LogP contribution in [0.1, 0.15) is 44.8 Å². The molecule has 2 fully saturated rings. The molecule has 1 N–H and O–H groups in total. The number of carbonyl (C=O) groups is 2. The Bertz CT molecular complexity index is 576. The van der Waals surface area contributed by atoms with Gasteiger partial charge in [-0.3, -0.25) is 9.69 Å². The van der Waals surface area contributed by atoms with E-state index in [2.05, 4.69) is 36.2 Å². The van der Waals surface area contributed by atoms with Gasteiger partial charge in [0.25, 0.3) is 5.91 Å². The Labute approximate surface area is 128 Å². The van der Waals surface area contributed by atoms with Gasteiger partial charge in [0, 0.05) is 6.61 Å². The van der Waals surface area contributed by atoms with Crippen LogP contribution in [0.5, 0.6) is 0 Å². The van der Waals surface area contributed by atoms with Gasteiger partial charge in [-0.05, 0) is 11.8 Å². The molecule has 3 rings (SSSR count). The van der Waals surface area contributed by atoms with Crippen LogP contribution in [0.3, 0.4) is 0 Å². The number of ether oxygens (including phenoxy) is 1. The predicted molar refractivity (Wildman–Crippen MR) is 74.8 cm³/mol. The average molecular weight is 308 g/mol. The summed E-state index contributed by atoms with van der Waals surface area (Å²) in [6.07, 6.45) is 0.860. The number of nitrogens with one attached hydrogen (secondary N) is 1. The highest BCUT2D eigenvalue weighted by Crippen LogP contribution is 2.39. The summed E-state index contributed by atoms with van der Waals surface area (Å²) in [6, 6.07) is -0.429. The smallest absolute Gasteiger partial charge is 0.325 e. The van der Waals surface area contributed by atoms with Crippen LogP contribution in [0.25, 0.3) is 0 Å². The zero-order chi connectivity index (χ0) is 15.9. The van der Waals surface area contributed by atoms with Crippen LogP contribution in [0.4, 0.5) is 4.79 Å². The van der Waals surface area contributed by atoms with E-state index in [1.165, 1.54) is 0 Å². The Morgan fingerprint density at radius 2 is 2.14 bits per heavy atom. The molecule has 22 heavy (non-hydrogen) atoms. The zero-order valence-electron chi connectivity index (χ0n) is 13.0. The fourth-order valence-electron chi connectivity index (χ4n) is 2.94. The normalized spacial score (nSPS) is 25.9. The molecule has 0 unspecified atom stereocenters. The molecule has 0 saturated carbocycles. The first-order valence-electron chi connectivity index (χ1n) is 7.38. The van der Waals surface area contributed by atoms with E-state index >= 15 is 0 Å². The molecule has 120 valence electrons. The second kappa shape index (κ2) is 5.35. The summed E-state index contributed by atoms with van der Waals surface area (Å²) in [5, 5.41) is 6.47. The van der Waals surface area contributed by atoms with Gasteiger partial charge in [-0.2, -0.15) is 4.98 Å². The van der Waals surface area contributed by atoms with Gasteiger partial charge < -0.3 is 14.6 Å². The molecule has 0 spiro atoms. The molecule has 8 nitrogen and oxygen atoms in total. The second-order valence-electron chi connectivity index (χ2n) is 6.74. The van der Waals surface area contributed by atoms with Crippen molar-refractivity contribution in [2.24, 2.45) is 5.41 Å². The van der Waals surface area contributed by atoms with E-state index in [1.54, 1.807) is 0 Å². The first-order valence-corrected chi connectivity index (χ1v) is 7.38. The maximum atomic E-state index is 11.6. The minimum atomic E-state index is -0.429. The molecule has 1 aromatic rings. The minimum Gasteiger partial charge on any atom is -0.377 e. The van der Waals surface area contributed by atoms with Crippen LogP contribution in [0.2, 0.25) is 0 Å². The minimum absolute atomic E-state index is 0.00539. The molecule has 3 amide bonds. The van der Waals surface area contributed by atoms with Gasteiger partial charge in [0.1, 0.15) is 6.54 Å². The summed E-state index contributed by atoms with van der Waals surface area (Å²) in [7, 11) is 0. The molecule has 0 bridgehead atoms. The Balaban J connectivity index is 1.74. The maximum absolute atomic E-state index is 11.6. The van der Waals surface area contributed by atoms with Crippen LogP contribution in [0, 0.1) is 5.41 Å². The number of hydrogen-bond donors (Lipinski definition) is 1. The van der Waals surface area contributed by atoms with Gasteiger partial charge in [-0.1, -0.05) is 25.9 Å². The quantitative estimate of drug-likeness (QED) is 0.838. The summed E-state index contributed by atoms with van der Waals surface area (Å²) in [5.74, 6) is 0.626. The van der Waals surface area contributed by atoms with Gasteiger partial charge in [-0.25, -0.2) is 4.79 Å². The lowest BCUT2D eigenvalue weighted by molar-refractivity contribution is -0.125. The fraction of sp³-hybridized carbons (Fsp3) is 0.714. The van der Waals surface area contributed by atoms with Crippen molar-refractivity contribution in [2.75, 3.05) is 13.2 Å². The van der Waals surface area contributed by atoms with Crippen LogP contribution >= 0.6 is 0 Å². The van der Waals surface area contributed by atoms with E-state index < -0.39 is 6.03 Å². The Kier molecular flexibility index (Phi) is 3.64. The summed E-state index contributed by atoms with van der Waals surface area (Å²) < 4.78 is 11.0. The molecule has 0 radical (unpaired) electrons. The fourth-order valence-corrected chi connectivity index (χ4v) is 2.94. The molecule has 2 atom stereocenters. The maximum Gasteiger partial charge on any atom is 0.325 e. The Morgan fingerprint density at radius 3 is 2.77 bits per heavy atom. The lowest BCUT2D eigenvalue weighted by atomic mass is 9.81. The topological polar surface area (TPSA) is 97.6 Å². The number of nitrogens with zero attached hydrogens (tertiary/aromatic N) is 3. The van der Waals surface area contributed by atoms with Crippen molar-refractivity contribution in [3.05, 3.63) is 11.7 Å². The molecular weight excluding hydrogens is 288 g/mol. The standard InChI is InChI=1S/C14H20N4O4/c1-14(2,3)11-8(4-5-21-11)12-16-9(22-17-12)7-18-10(19)6-15-13(18)20/h8,11H,4-7H2,1-3H3,(H,15,20)/t8-,11-/m0/s1. The third kappa shape index (κ3) is 2.70. The van der Waals surface area contributed by atoms with E-state index in [4.69, 9.17) is 9.26 Å². The number of hydrogen-bond acceptors (Lipinski definition) is 6. The molecular formula is C14H20N4O4. The van der Waals surface area contributed by atoms with Crippen LogP contribution in [-0.4, -0.2) is 46.2 Å². The lowest BCUT2D eigenvalue weighted by Gasteiger charge is -2.29. The Hall–Kier alpha value is -1.96. The van der Waals surface area contributed by atoms with Crippen molar-refractivity contribution < 1.29 is 18.8 Å². The first-order chi connectivity index (χ1) is 10.4. The number of urea groups is 1. The average Bonchev–Trinajstić information content (AvgIpc) is 3.13. The third-order valence-corrected chi connectivity index (χ3v) is 3.99. The van der Waals surface area contributed by atoms with Gasteiger partial charge in [0.15, 0.2) is 5.82 Å². The number of aromatic nitrogens is 2.